The fraction of sp³-hybridized carbons (Fsp3) is 0.615. The molecule has 0 radical (unpaired) electrons. The van der Waals surface area contributed by atoms with Crippen LogP contribution in [0, 0.1) is 5.41 Å². The summed E-state index contributed by atoms with van der Waals surface area (Å²) in [5.74, 6) is 1.08. The second kappa shape index (κ2) is 5.15. The van der Waals surface area contributed by atoms with Crippen molar-refractivity contribution in [2.75, 3.05) is 6.54 Å². The molecule has 2 aliphatic heterocycles. The topological polar surface area (TPSA) is 24.4 Å². The van der Waals surface area contributed by atoms with Crippen molar-refractivity contribution in [1.29, 1.82) is 0 Å². The van der Waals surface area contributed by atoms with Gasteiger partial charge in [0.25, 0.3) is 0 Å². The van der Waals surface area contributed by atoms with Gasteiger partial charge in [0, 0.05) is 18.2 Å². The van der Waals surface area contributed by atoms with E-state index in [0.29, 0.717) is 0 Å². The van der Waals surface area contributed by atoms with Crippen molar-refractivity contribution >= 4 is 6.21 Å². The van der Waals surface area contributed by atoms with Crippen LogP contribution in [0.5, 0.6) is 0 Å². The smallest absolute Gasteiger partial charge is 0.128 e. The monoisotopic (exact) mass is 206 g/mol. The highest BCUT2D eigenvalue weighted by Gasteiger charge is 2.16. The maximum absolute atomic E-state index is 4.48. The molecule has 0 aromatic rings. The van der Waals surface area contributed by atoms with E-state index < -0.39 is 0 Å². The van der Waals surface area contributed by atoms with Gasteiger partial charge in [-0.2, -0.15) is 0 Å². The highest BCUT2D eigenvalue weighted by molar-refractivity contribution is 5.70. The van der Waals surface area contributed by atoms with Crippen LogP contribution in [0.4, 0.5) is 0 Å². The summed E-state index contributed by atoms with van der Waals surface area (Å²) < 4.78 is 0. The summed E-state index contributed by atoms with van der Waals surface area (Å²) in [6.45, 7) is 9.40. The zero-order valence-electron chi connectivity index (χ0n) is 10.3. The van der Waals surface area contributed by atoms with Crippen molar-refractivity contribution < 1.29 is 0 Å². The summed E-state index contributed by atoms with van der Waals surface area (Å²) in [4.78, 5) is 4.48. The Labute approximate surface area is 93.2 Å². The van der Waals surface area contributed by atoms with Gasteiger partial charge in [-0.3, -0.25) is 0 Å². The lowest BCUT2D eigenvalue weighted by Crippen LogP contribution is -2.20. The van der Waals surface area contributed by atoms with E-state index in [9.17, 15) is 0 Å². The third-order valence-electron chi connectivity index (χ3n) is 2.46. The van der Waals surface area contributed by atoms with Crippen LogP contribution in [0.1, 0.15) is 40.5 Å². The molecule has 2 rings (SSSR count). The quantitative estimate of drug-likeness (QED) is 0.646. The number of hydrogen-bond donors (Lipinski definition) is 1. The number of nitrogens with one attached hydrogen (secondary N) is 1. The van der Waals surface area contributed by atoms with Gasteiger partial charge in [-0.05, 0) is 18.4 Å². The fourth-order valence-electron chi connectivity index (χ4n) is 1.60. The van der Waals surface area contributed by atoms with Gasteiger partial charge in [0.05, 0.1) is 0 Å². The summed E-state index contributed by atoms with van der Waals surface area (Å²) in [5, 5.41) is 3.33. The van der Waals surface area contributed by atoms with Crippen molar-refractivity contribution in [3.8, 4) is 0 Å². The Morgan fingerprint density at radius 1 is 1.33 bits per heavy atom. The van der Waals surface area contributed by atoms with Gasteiger partial charge in [0.15, 0.2) is 0 Å². The molecule has 0 unspecified atom stereocenters. The molecule has 15 heavy (non-hydrogen) atoms. The van der Waals surface area contributed by atoms with Crippen molar-refractivity contribution in [3.63, 3.8) is 0 Å². The third-order valence-corrected chi connectivity index (χ3v) is 2.46. The van der Waals surface area contributed by atoms with Gasteiger partial charge in [0.1, 0.15) is 5.82 Å². The first-order valence-electron chi connectivity index (χ1n) is 5.89. The van der Waals surface area contributed by atoms with Crippen LogP contribution in [0.3, 0.4) is 0 Å². The van der Waals surface area contributed by atoms with Crippen LogP contribution in [-0.4, -0.2) is 12.8 Å². The average Bonchev–Trinajstić information content (AvgIpc) is 2.42. The van der Waals surface area contributed by atoms with Crippen LogP contribution >= 0.6 is 0 Å². The fourth-order valence-corrected chi connectivity index (χ4v) is 1.60. The lowest BCUT2D eigenvalue weighted by molar-refractivity contribution is 0.665. The first kappa shape index (κ1) is 12.0. The second-order valence-electron chi connectivity index (χ2n) is 4.32. The predicted octanol–water partition coefficient (Wildman–Crippen LogP) is 3.27. The third kappa shape index (κ3) is 3.22. The van der Waals surface area contributed by atoms with Gasteiger partial charge < -0.3 is 5.32 Å². The summed E-state index contributed by atoms with van der Waals surface area (Å²) >= 11 is 0. The molecule has 2 heterocycles. The van der Waals surface area contributed by atoms with Crippen LogP contribution < -0.4 is 5.32 Å². The lowest BCUT2D eigenvalue weighted by atomic mass is 9.94. The van der Waals surface area contributed by atoms with Crippen molar-refractivity contribution in [2.24, 2.45) is 10.4 Å². The van der Waals surface area contributed by atoms with E-state index in [-0.39, 0.29) is 5.41 Å². The zero-order chi connectivity index (χ0) is 11.3. The minimum absolute atomic E-state index is 0.0962. The van der Waals surface area contributed by atoms with E-state index in [0.717, 1.165) is 18.8 Å². The number of hydrogen-bond acceptors (Lipinski definition) is 2. The highest BCUT2D eigenvalue weighted by atomic mass is 15.0. The summed E-state index contributed by atoms with van der Waals surface area (Å²) in [5.41, 5.74) is 1.45. The van der Waals surface area contributed by atoms with Gasteiger partial charge in [-0.15, -0.1) is 0 Å². The molecule has 0 fully saturated rings. The average molecular weight is 206 g/mol. The number of aliphatic imine (C=N–C) groups is 1. The van der Waals surface area contributed by atoms with E-state index in [1.165, 1.54) is 12.0 Å². The molecular formula is C13H22N2. The Morgan fingerprint density at radius 3 is 2.80 bits per heavy atom. The SMILES string of the molecule is CC.CC1(C)C=CC2=C(N=C1)NCCC2. The second-order valence-corrected chi connectivity index (χ2v) is 4.32. The molecule has 0 atom stereocenters. The number of nitrogens with zero attached hydrogens (tertiary/aromatic N) is 1. The van der Waals surface area contributed by atoms with Crippen molar-refractivity contribution in [3.05, 3.63) is 23.5 Å². The van der Waals surface area contributed by atoms with Crippen LogP contribution in [0.25, 0.3) is 0 Å². The van der Waals surface area contributed by atoms with Gasteiger partial charge in [-0.1, -0.05) is 39.8 Å². The first-order valence-corrected chi connectivity index (χ1v) is 5.89. The number of rotatable bonds is 0. The molecule has 0 saturated heterocycles. The number of allylic oxidation sites excluding steroid dienone is 3. The van der Waals surface area contributed by atoms with Gasteiger partial charge in [0.2, 0.25) is 0 Å². The minimum atomic E-state index is 0.0962. The van der Waals surface area contributed by atoms with E-state index in [2.05, 4.69) is 36.3 Å². The predicted molar refractivity (Wildman–Crippen MR) is 67.0 cm³/mol. The highest BCUT2D eigenvalue weighted by Crippen LogP contribution is 2.24. The molecule has 0 amide bonds. The molecule has 0 aromatic heterocycles. The normalized spacial score (nSPS) is 22.1. The molecule has 0 saturated carbocycles. The van der Waals surface area contributed by atoms with Crippen molar-refractivity contribution in [1.82, 2.24) is 5.32 Å². The molecule has 0 bridgehead atoms. The maximum atomic E-state index is 4.48. The summed E-state index contributed by atoms with van der Waals surface area (Å²) in [6.07, 6.45) is 8.84. The molecule has 84 valence electrons. The maximum Gasteiger partial charge on any atom is 0.128 e. The summed E-state index contributed by atoms with van der Waals surface area (Å²) in [7, 11) is 0. The molecule has 2 nitrogen and oxygen atoms in total. The van der Waals surface area contributed by atoms with Crippen LogP contribution in [0.2, 0.25) is 0 Å². The molecule has 2 heteroatoms. The van der Waals surface area contributed by atoms with E-state index in [4.69, 9.17) is 0 Å². The molecule has 0 spiro atoms. The van der Waals surface area contributed by atoms with E-state index in [1.54, 1.807) is 0 Å². The van der Waals surface area contributed by atoms with Gasteiger partial charge >= 0.3 is 0 Å². The minimum Gasteiger partial charge on any atom is -0.370 e. The Balaban J connectivity index is 0.000000531. The Morgan fingerprint density at radius 2 is 2.07 bits per heavy atom. The Kier molecular flexibility index (Phi) is 4.13. The summed E-state index contributed by atoms with van der Waals surface area (Å²) in [6, 6.07) is 0. The molecular weight excluding hydrogens is 184 g/mol. The zero-order valence-corrected chi connectivity index (χ0v) is 10.3. The van der Waals surface area contributed by atoms with E-state index in [1.807, 2.05) is 20.1 Å². The Bertz CT molecular complexity index is 268. The van der Waals surface area contributed by atoms with Crippen LogP contribution in [0.15, 0.2) is 28.5 Å². The largest absolute Gasteiger partial charge is 0.370 e. The van der Waals surface area contributed by atoms with Crippen LogP contribution in [-0.2, 0) is 0 Å². The van der Waals surface area contributed by atoms with E-state index >= 15 is 0 Å². The molecule has 0 aliphatic carbocycles. The first-order chi connectivity index (χ1) is 7.17. The lowest BCUT2D eigenvalue weighted by Gasteiger charge is -2.15. The standard InChI is InChI=1S/C11H16N2.C2H6/c1-11(2)6-5-9-4-3-7-12-10(9)13-8-11;1-2/h5-6,8,12H,3-4,7H2,1-2H3;1-2H3. The van der Waals surface area contributed by atoms with Gasteiger partial charge in [-0.25, -0.2) is 4.99 Å². The molecule has 1 N–H and O–H groups in total. The molecule has 0 aromatic carbocycles. The van der Waals surface area contributed by atoms with Crippen molar-refractivity contribution in [2.45, 2.75) is 40.5 Å². The molecule has 2 aliphatic rings. The Hall–Kier alpha value is -1.05.